The molecule has 3 N–H and O–H groups in total. The van der Waals surface area contributed by atoms with E-state index in [9.17, 15) is 17.6 Å². The van der Waals surface area contributed by atoms with Crippen molar-refractivity contribution in [3.63, 3.8) is 0 Å². The van der Waals surface area contributed by atoms with E-state index in [2.05, 4.69) is 10.2 Å². The van der Waals surface area contributed by atoms with Gasteiger partial charge in [0.15, 0.2) is 0 Å². The second-order valence-corrected chi connectivity index (χ2v) is 3.40. The average molecular weight is 252 g/mol. The van der Waals surface area contributed by atoms with Crippen LogP contribution in [0.3, 0.4) is 0 Å². The van der Waals surface area contributed by atoms with Crippen LogP contribution in [0.4, 0.5) is 17.6 Å². The van der Waals surface area contributed by atoms with Gasteiger partial charge in [-0.05, 0) is 17.7 Å². The second-order valence-electron chi connectivity index (χ2n) is 3.40. The van der Waals surface area contributed by atoms with Crippen molar-refractivity contribution in [1.29, 1.82) is 0 Å². The zero-order chi connectivity index (χ0) is 12.9. The van der Waals surface area contributed by atoms with Crippen LogP contribution in [0.15, 0.2) is 24.3 Å². The van der Waals surface area contributed by atoms with Gasteiger partial charge in [0.2, 0.25) is 0 Å². The Morgan fingerprint density at radius 1 is 1.24 bits per heavy atom. The van der Waals surface area contributed by atoms with Crippen LogP contribution in [-0.2, 0) is 4.74 Å². The molecule has 0 saturated carbocycles. The van der Waals surface area contributed by atoms with Crippen LogP contribution in [0.25, 0.3) is 0 Å². The van der Waals surface area contributed by atoms with Crippen molar-refractivity contribution < 1.29 is 22.3 Å². The maximum atomic E-state index is 12.6. The Labute approximate surface area is 95.5 Å². The van der Waals surface area contributed by atoms with E-state index in [0.717, 1.165) is 0 Å². The van der Waals surface area contributed by atoms with Crippen LogP contribution in [0, 0.1) is 5.82 Å². The van der Waals surface area contributed by atoms with Crippen molar-refractivity contribution in [3.05, 3.63) is 35.6 Å². The molecule has 0 spiro atoms. The molecule has 0 aliphatic heterocycles. The Morgan fingerprint density at radius 2 is 1.82 bits per heavy atom. The fourth-order valence-corrected chi connectivity index (χ4v) is 1.23. The minimum atomic E-state index is -4.37. The van der Waals surface area contributed by atoms with Crippen LogP contribution in [-0.4, -0.2) is 19.4 Å². The number of nitrogens with one attached hydrogen (secondary N) is 1. The minimum absolute atomic E-state index is 0.248. The lowest BCUT2D eigenvalue weighted by Crippen LogP contribution is -2.32. The molecule has 3 nitrogen and oxygen atoms in total. The van der Waals surface area contributed by atoms with E-state index in [1.165, 1.54) is 24.3 Å². The molecule has 0 bridgehead atoms. The quantitative estimate of drug-likeness (QED) is 0.478. The van der Waals surface area contributed by atoms with Crippen molar-refractivity contribution >= 4 is 0 Å². The maximum Gasteiger partial charge on any atom is 0.411 e. The number of halogens is 4. The highest BCUT2D eigenvalue weighted by Gasteiger charge is 2.28. The number of hydrogen-bond acceptors (Lipinski definition) is 3. The molecule has 7 heteroatoms. The molecule has 0 heterocycles. The number of hydrazine groups is 1. The van der Waals surface area contributed by atoms with Crippen LogP contribution in [0.1, 0.15) is 11.6 Å². The molecular formula is C10H12F4N2O. The predicted molar refractivity (Wildman–Crippen MR) is 53.3 cm³/mol. The summed E-state index contributed by atoms with van der Waals surface area (Å²) in [5.41, 5.74) is 2.86. The van der Waals surface area contributed by atoms with Gasteiger partial charge in [-0.1, -0.05) is 12.1 Å². The van der Waals surface area contributed by atoms with Crippen molar-refractivity contribution in [1.82, 2.24) is 5.43 Å². The average Bonchev–Trinajstić information content (AvgIpc) is 2.24. The summed E-state index contributed by atoms with van der Waals surface area (Å²) in [6.45, 7) is -1.59. The largest absolute Gasteiger partial charge is 0.411 e. The van der Waals surface area contributed by atoms with Gasteiger partial charge in [0.1, 0.15) is 12.4 Å². The Balaban J connectivity index is 2.51. The molecule has 1 rings (SSSR count). The van der Waals surface area contributed by atoms with Gasteiger partial charge >= 0.3 is 6.18 Å². The molecule has 17 heavy (non-hydrogen) atoms. The third kappa shape index (κ3) is 5.12. The number of hydrogen-bond donors (Lipinski definition) is 2. The molecule has 0 aliphatic rings. The topological polar surface area (TPSA) is 47.3 Å². The molecule has 0 fully saturated rings. The van der Waals surface area contributed by atoms with Crippen LogP contribution >= 0.6 is 0 Å². The normalized spacial score (nSPS) is 13.7. The summed E-state index contributed by atoms with van der Waals surface area (Å²) >= 11 is 0. The molecule has 1 atom stereocenters. The van der Waals surface area contributed by atoms with Gasteiger partial charge in [0.05, 0.1) is 12.6 Å². The molecule has 0 aromatic heterocycles. The van der Waals surface area contributed by atoms with Gasteiger partial charge in [-0.2, -0.15) is 13.2 Å². The van der Waals surface area contributed by atoms with E-state index in [1.807, 2.05) is 0 Å². The fourth-order valence-electron chi connectivity index (χ4n) is 1.23. The highest BCUT2D eigenvalue weighted by molar-refractivity contribution is 5.19. The van der Waals surface area contributed by atoms with E-state index >= 15 is 0 Å². The first-order valence-corrected chi connectivity index (χ1v) is 4.78. The monoisotopic (exact) mass is 252 g/mol. The molecule has 1 unspecified atom stereocenters. The van der Waals surface area contributed by atoms with Gasteiger partial charge in [0.25, 0.3) is 0 Å². The summed E-state index contributed by atoms with van der Waals surface area (Å²) in [5.74, 6) is 4.76. The van der Waals surface area contributed by atoms with Crippen molar-refractivity contribution in [2.24, 2.45) is 5.84 Å². The lowest BCUT2D eigenvalue weighted by Gasteiger charge is -2.17. The first kappa shape index (κ1) is 13.9. The predicted octanol–water partition coefficient (Wildman–Crippen LogP) is 1.91. The number of alkyl halides is 3. The Morgan fingerprint density at radius 3 is 2.29 bits per heavy atom. The van der Waals surface area contributed by atoms with Crippen molar-refractivity contribution in [2.75, 3.05) is 13.2 Å². The molecule has 0 saturated heterocycles. The molecular weight excluding hydrogens is 240 g/mol. The Kier molecular flexibility index (Phi) is 4.86. The van der Waals surface area contributed by atoms with Crippen molar-refractivity contribution in [3.8, 4) is 0 Å². The second kappa shape index (κ2) is 5.95. The molecule has 1 aromatic rings. The van der Waals surface area contributed by atoms with Gasteiger partial charge in [-0.15, -0.1) is 0 Å². The van der Waals surface area contributed by atoms with Crippen LogP contribution in [0.2, 0.25) is 0 Å². The zero-order valence-electron chi connectivity index (χ0n) is 8.80. The Hall–Kier alpha value is -1.18. The summed E-state index contributed by atoms with van der Waals surface area (Å²) in [6.07, 6.45) is -4.37. The maximum absolute atomic E-state index is 12.6. The lowest BCUT2D eigenvalue weighted by atomic mass is 10.1. The van der Waals surface area contributed by atoms with Crippen LogP contribution in [0.5, 0.6) is 0 Å². The zero-order valence-corrected chi connectivity index (χ0v) is 8.80. The molecule has 0 amide bonds. The van der Waals surface area contributed by atoms with E-state index in [4.69, 9.17) is 5.84 Å². The summed E-state index contributed by atoms with van der Waals surface area (Å²) in [4.78, 5) is 0. The van der Waals surface area contributed by atoms with Crippen molar-refractivity contribution in [2.45, 2.75) is 12.2 Å². The van der Waals surface area contributed by atoms with Gasteiger partial charge in [0, 0.05) is 0 Å². The highest BCUT2D eigenvalue weighted by Crippen LogP contribution is 2.17. The molecule has 0 aliphatic carbocycles. The first-order chi connectivity index (χ1) is 7.92. The lowest BCUT2D eigenvalue weighted by molar-refractivity contribution is -0.175. The van der Waals surface area contributed by atoms with E-state index in [0.29, 0.717) is 5.56 Å². The highest BCUT2D eigenvalue weighted by atomic mass is 19.4. The Bertz CT molecular complexity index is 339. The molecule has 96 valence electrons. The van der Waals surface area contributed by atoms with Gasteiger partial charge in [-0.25, -0.2) is 4.39 Å². The van der Waals surface area contributed by atoms with Gasteiger partial charge < -0.3 is 4.74 Å². The molecule has 0 radical (unpaired) electrons. The summed E-state index contributed by atoms with van der Waals surface area (Å²) < 4.78 is 52.6. The van der Waals surface area contributed by atoms with Gasteiger partial charge in [-0.3, -0.25) is 11.3 Å². The smallest absolute Gasteiger partial charge is 0.370 e. The number of nitrogens with two attached hydrogens (primary N) is 1. The van der Waals surface area contributed by atoms with E-state index in [-0.39, 0.29) is 6.61 Å². The van der Waals surface area contributed by atoms with E-state index in [1.54, 1.807) is 0 Å². The summed E-state index contributed by atoms with van der Waals surface area (Å²) in [6, 6.07) is 4.64. The minimum Gasteiger partial charge on any atom is -0.370 e. The number of ether oxygens (including phenoxy) is 1. The third-order valence-corrected chi connectivity index (χ3v) is 2.02. The SMILES string of the molecule is NNC(COCC(F)(F)F)c1ccc(F)cc1. The number of rotatable bonds is 5. The van der Waals surface area contributed by atoms with Crippen LogP contribution < -0.4 is 11.3 Å². The first-order valence-electron chi connectivity index (χ1n) is 4.78. The fraction of sp³-hybridized carbons (Fsp3) is 0.400. The van der Waals surface area contributed by atoms with E-state index < -0.39 is 24.6 Å². The third-order valence-electron chi connectivity index (χ3n) is 2.02. The summed E-state index contributed by atoms with van der Waals surface area (Å²) in [7, 11) is 0. The molecule has 1 aromatic carbocycles. The standard InChI is InChI=1S/C10H12F4N2O/c11-8-3-1-7(2-4-8)9(16-15)5-17-6-10(12,13)14/h1-4,9,16H,5-6,15H2. The number of benzene rings is 1. The summed E-state index contributed by atoms with van der Waals surface area (Å²) in [5, 5.41) is 0.